The highest BCUT2D eigenvalue weighted by atomic mass is 16.5. The third kappa shape index (κ3) is 5.21. The van der Waals surface area contributed by atoms with Gasteiger partial charge in [-0.15, -0.1) is 0 Å². The number of carbonyl (C=O) groups is 2. The number of carbonyl (C=O) groups excluding carboxylic acids is 2. The predicted molar refractivity (Wildman–Crippen MR) is 120 cm³/mol. The highest BCUT2D eigenvalue weighted by molar-refractivity contribution is 5.86. The lowest BCUT2D eigenvalue weighted by Gasteiger charge is -2.23. The van der Waals surface area contributed by atoms with Crippen molar-refractivity contribution in [1.82, 2.24) is 0 Å². The van der Waals surface area contributed by atoms with Crippen LogP contribution in [0, 0.1) is 0 Å². The third-order valence-electron chi connectivity index (χ3n) is 5.08. The summed E-state index contributed by atoms with van der Waals surface area (Å²) < 4.78 is 9.70. The largest absolute Gasteiger partial charge is 0.467 e. The number of hydrogen-bond donors (Lipinski definition) is 2. The monoisotopic (exact) mass is 436 g/mol. The van der Waals surface area contributed by atoms with Crippen LogP contribution in [0.3, 0.4) is 0 Å². The van der Waals surface area contributed by atoms with E-state index in [1.54, 1.807) is 0 Å². The molecule has 0 heterocycles. The van der Waals surface area contributed by atoms with Crippen LogP contribution in [0.4, 0.5) is 11.4 Å². The highest BCUT2D eigenvalue weighted by Gasteiger charge is 2.30. The first-order valence-electron chi connectivity index (χ1n) is 10.0. The summed E-state index contributed by atoms with van der Waals surface area (Å²) in [4.78, 5) is 49.2. The summed E-state index contributed by atoms with van der Waals surface area (Å²) in [5.74, 6) is -1.16. The maximum absolute atomic E-state index is 12.3. The number of rotatable bonds is 10. The molecule has 0 saturated carbocycles. The van der Waals surface area contributed by atoms with Crippen molar-refractivity contribution in [2.45, 2.75) is 24.9 Å². The van der Waals surface area contributed by atoms with Crippen molar-refractivity contribution in [3.8, 4) is 0 Å². The first-order valence-corrected chi connectivity index (χ1v) is 10.0. The zero-order valence-corrected chi connectivity index (χ0v) is 17.8. The Balaban J connectivity index is 1.83. The van der Waals surface area contributed by atoms with Crippen molar-refractivity contribution in [1.29, 1.82) is 0 Å². The van der Waals surface area contributed by atoms with Crippen LogP contribution < -0.4 is 21.5 Å². The molecule has 0 unspecified atom stereocenters. The Bertz CT molecular complexity index is 1050. The van der Waals surface area contributed by atoms with Gasteiger partial charge < -0.3 is 20.1 Å². The van der Waals surface area contributed by atoms with Gasteiger partial charge in [0.2, 0.25) is 0 Å². The molecule has 0 fully saturated rings. The minimum absolute atomic E-state index is 0.0525. The second-order valence-electron chi connectivity index (χ2n) is 7.23. The van der Waals surface area contributed by atoms with E-state index in [2.05, 4.69) is 10.6 Å². The van der Waals surface area contributed by atoms with Gasteiger partial charge in [-0.1, -0.05) is 60.7 Å². The van der Waals surface area contributed by atoms with Gasteiger partial charge in [-0.2, -0.15) is 0 Å². The summed E-state index contributed by atoms with van der Waals surface area (Å²) in [6.45, 7) is 0. The van der Waals surface area contributed by atoms with E-state index < -0.39 is 34.9 Å². The fraction of sp³-hybridized carbons (Fsp3) is 0.250. The molecule has 0 saturated heterocycles. The van der Waals surface area contributed by atoms with Crippen molar-refractivity contribution >= 4 is 23.3 Å². The van der Waals surface area contributed by atoms with E-state index in [1.807, 2.05) is 60.7 Å². The quantitative estimate of drug-likeness (QED) is 0.365. The second-order valence-corrected chi connectivity index (χ2v) is 7.23. The topological polar surface area (TPSA) is 111 Å². The zero-order valence-electron chi connectivity index (χ0n) is 17.8. The third-order valence-corrected chi connectivity index (χ3v) is 5.08. The first kappa shape index (κ1) is 22.7. The molecule has 166 valence electrons. The van der Waals surface area contributed by atoms with Gasteiger partial charge >= 0.3 is 11.9 Å². The van der Waals surface area contributed by atoms with Gasteiger partial charge in [0.15, 0.2) is 0 Å². The normalized spacial score (nSPS) is 12.6. The Labute approximate surface area is 184 Å². The zero-order chi connectivity index (χ0) is 23.1. The predicted octanol–water partition coefficient (Wildman–Crippen LogP) is 1.67. The van der Waals surface area contributed by atoms with Crippen molar-refractivity contribution in [3.05, 3.63) is 92.2 Å². The van der Waals surface area contributed by atoms with Gasteiger partial charge in [0.1, 0.15) is 23.5 Å². The van der Waals surface area contributed by atoms with Gasteiger partial charge in [0.05, 0.1) is 14.2 Å². The van der Waals surface area contributed by atoms with Crippen LogP contribution in [0.15, 0.2) is 70.3 Å². The van der Waals surface area contributed by atoms with Crippen LogP contribution >= 0.6 is 0 Å². The number of esters is 2. The van der Waals surface area contributed by atoms with Crippen LogP contribution in [-0.2, 0) is 31.9 Å². The second kappa shape index (κ2) is 10.4. The molecule has 3 rings (SSSR count). The highest BCUT2D eigenvalue weighted by Crippen LogP contribution is 2.20. The summed E-state index contributed by atoms with van der Waals surface area (Å²) in [6, 6.07) is 16.6. The van der Waals surface area contributed by atoms with Crippen molar-refractivity contribution in [2.75, 3.05) is 24.9 Å². The van der Waals surface area contributed by atoms with E-state index in [1.165, 1.54) is 14.2 Å². The fourth-order valence-electron chi connectivity index (χ4n) is 3.39. The Kier molecular flexibility index (Phi) is 7.38. The van der Waals surface area contributed by atoms with E-state index in [0.29, 0.717) is 0 Å². The Hall–Kier alpha value is -3.94. The molecule has 0 bridgehead atoms. The van der Waals surface area contributed by atoms with Gasteiger partial charge in [0, 0.05) is 12.8 Å². The smallest absolute Gasteiger partial charge is 0.328 e. The molecular weight excluding hydrogens is 412 g/mol. The van der Waals surface area contributed by atoms with E-state index in [4.69, 9.17) is 9.47 Å². The molecule has 2 atom stereocenters. The fourth-order valence-corrected chi connectivity index (χ4v) is 3.39. The Morgan fingerprint density at radius 1 is 0.688 bits per heavy atom. The molecule has 0 aromatic heterocycles. The molecule has 0 spiro atoms. The van der Waals surface area contributed by atoms with Gasteiger partial charge in [-0.25, -0.2) is 9.59 Å². The summed E-state index contributed by atoms with van der Waals surface area (Å²) in [6.07, 6.45) is 0.492. The lowest BCUT2D eigenvalue weighted by atomic mass is 10.0. The van der Waals surface area contributed by atoms with Crippen LogP contribution in [0.1, 0.15) is 11.1 Å². The first-order chi connectivity index (χ1) is 15.4. The average molecular weight is 436 g/mol. The number of nitrogens with one attached hydrogen (secondary N) is 2. The SMILES string of the molecule is COC(=O)[C@H](Cc1ccccc1)Nc1c(N[C@@H](Cc2ccccc2)C(=O)OC)c(=O)c1=O. The average Bonchev–Trinajstić information content (AvgIpc) is 2.84. The summed E-state index contributed by atoms with van der Waals surface area (Å²) in [7, 11) is 2.49. The maximum Gasteiger partial charge on any atom is 0.328 e. The van der Waals surface area contributed by atoms with Crippen LogP contribution in [0.5, 0.6) is 0 Å². The number of ether oxygens (including phenoxy) is 2. The molecule has 32 heavy (non-hydrogen) atoms. The lowest BCUT2D eigenvalue weighted by Crippen LogP contribution is -2.45. The molecule has 8 nitrogen and oxygen atoms in total. The maximum atomic E-state index is 12.3. The van der Waals surface area contributed by atoms with Gasteiger partial charge in [0.25, 0.3) is 10.9 Å². The van der Waals surface area contributed by atoms with Crippen molar-refractivity contribution < 1.29 is 19.1 Å². The van der Waals surface area contributed by atoms with E-state index in [9.17, 15) is 19.2 Å². The molecule has 8 heteroatoms. The van der Waals surface area contributed by atoms with Gasteiger partial charge in [-0.3, -0.25) is 9.59 Å². The lowest BCUT2D eigenvalue weighted by molar-refractivity contribution is -0.142. The van der Waals surface area contributed by atoms with Crippen LogP contribution in [-0.4, -0.2) is 38.2 Å². The molecule has 0 aliphatic heterocycles. The van der Waals surface area contributed by atoms with Gasteiger partial charge in [-0.05, 0) is 11.1 Å². The van der Waals surface area contributed by atoms with E-state index >= 15 is 0 Å². The number of anilines is 2. The summed E-state index contributed by atoms with van der Waals surface area (Å²) >= 11 is 0. The number of benzene rings is 2. The number of hydrogen-bond acceptors (Lipinski definition) is 8. The van der Waals surface area contributed by atoms with Crippen LogP contribution in [0.25, 0.3) is 0 Å². The molecule has 2 N–H and O–H groups in total. The number of methoxy groups -OCH3 is 2. The standard InChI is InChI=1S/C24H24N2O6/c1-31-23(29)17(13-15-9-5-3-6-10-15)25-19-20(22(28)21(19)27)26-18(24(30)32-2)14-16-11-7-4-8-12-16/h3-12,17-18,25-26H,13-14H2,1-2H3/t17-,18-/m0/s1. The molecule has 0 radical (unpaired) electrons. The molecule has 0 aliphatic rings. The minimum atomic E-state index is -0.892. The minimum Gasteiger partial charge on any atom is -0.467 e. The van der Waals surface area contributed by atoms with E-state index in [-0.39, 0.29) is 24.2 Å². The van der Waals surface area contributed by atoms with Crippen molar-refractivity contribution in [3.63, 3.8) is 0 Å². The molecular formula is C24H24N2O6. The van der Waals surface area contributed by atoms with Crippen molar-refractivity contribution in [2.24, 2.45) is 0 Å². The van der Waals surface area contributed by atoms with E-state index in [0.717, 1.165) is 11.1 Å². The Morgan fingerprint density at radius 3 is 1.34 bits per heavy atom. The molecule has 0 aliphatic carbocycles. The Morgan fingerprint density at radius 2 is 1.03 bits per heavy atom. The summed E-state index contributed by atoms with van der Waals surface area (Å²) in [5.41, 5.74) is 0.0578. The van der Waals surface area contributed by atoms with Crippen LogP contribution in [0.2, 0.25) is 0 Å². The molecule has 3 aromatic rings. The summed E-state index contributed by atoms with van der Waals surface area (Å²) in [5, 5.41) is 5.66. The molecule has 3 aromatic carbocycles. The molecule has 0 amide bonds.